The predicted molar refractivity (Wildman–Crippen MR) is 104 cm³/mol. The summed E-state index contributed by atoms with van der Waals surface area (Å²) >= 11 is 6.26. The van der Waals surface area contributed by atoms with Crippen LogP contribution in [0.5, 0.6) is 5.75 Å². The van der Waals surface area contributed by atoms with Crippen molar-refractivity contribution in [2.24, 2.45) is 5.92 Å². The highest BCUT2D eigenvalue weighted by atomic mass is 35.5. The zero-order valence-electron chi connectivity index (χ0n) is 15.6. The van der Waals surface area contributed by atoms with Crippen LogP contribution in [0, 0.1) is 5.92 Å². The number of carbonyl (C=O) groups is 1. The molecule has 4 heteroatoms. The number of Topliss-reactive ketones (excluding diaryl/α,β-unsaturated/α-hetero) is 1. The topological polar surface area (TPSA) is 46.5 Å². The van der Waals surface area contributed by atoms with E-state index >= 15 is 0 Å². The number of hydrogen-bond acceptors (Lipinski definition) is 3. The van der Waals surface area contributed by atoms with Crippen LogP contribution in [0.15, 0.2) is 35.4 Å². The summed E-state index contributed by atoms with van der Waals surface area (Å²) in [6.07, 6.45) is 7.63. The molecule has 0 radical (unpaired) electrons. The molecule has 0 heterocycles. The van der Waals surface area contributed by atoms with Crippen LogP contribution in [-0.4, -0.2) is 24.1 Å². The van der Waals surface area contributed by atoms with Gasteiger partial charge in [0, 0.05) is 11.0 Å². The lowest BCUT2D eigenvalue weighted by atomic mass is 9.90. The molecule has 2 atom stereocenters. The highest BCUT2D eigenvalue weighted by Gasteiger charge is 2.23. The molecule has 0 bridgehead atoms. The Morgan fingerprint density at radius 3 is 2.48 bits per heavy atom. The van der Waals surface area contributed by atoms with E-state index in [1.807, 2.05) is 30.3 Å². The Kier molecular flexibility index (Phi) is 10.5. The van der Waals surface area contributed by atoms with E-state index in [0.29, 0.717) is 12.8 Å². The van der Waals surface area contributed by atoms with E-state index in [2.05, 4.69) is 6.92 Å². The first-order chi connectivity index (χ1) is 12.0. The molecule has 1 aromatic rings. The van der Waals surface area contributed by atoms with Gasteiger partial charge in [0.2, 0.25) is 0 Å². The fourth-order valence-electron chi connectivity index (χ4n) is 2.82. The zero-order chi connectivity index (χ0) is 18.7. The number of ether oxygens (including phenoxy) is 1. The fourth-order valence-corrected chi connectivity index (χ4v) is 3.04. The number of ketones is 1. The Bertz CT molecular complexity index is 537. The molecule has 1 rings (SSSR count). The van der Waals surface area contributed by atoms with Crippen LogP contribution >= 0.6 is 11.6 Å². The smallest absolute Gasteiger partial charge is 0.135 e. The van der Waals surface area contributed by atoms with Crippen molar-refractivity contribution in [3.8, 4) is 5.75 Å². The predicted octanol–water partition coefficient (Wildman–Crippen LogP) is 5.29. The normalized spacial score (nSPS) is 14.2. The second kappa shape index (κ2) is 12.1. The van der Waals surface area contributed by atoms with Gasteiger partial charge in [-0.2, -0.15) is 0 Å². The van der Waals surface area contributed by atoms with Crippen LogP contribution in [0.3, 0.4) is 0 Å². The number of benzene rings is 1. The van der Waals surface area contributed by atoms with Gasteiger partial charge in [-0.05, 0) is 50.3 Å². The molecule has 0 saturated heterocycles. The van der Waals surface area contributed by atoms with E-state index in [4.69, 9.17) is 16.3 Å². The lowest BCUT2D eigenvalue weighted by Crippen LogP contribution is -2.28. The number of rotatable bonds is 12. The summed E-state index contributed by atoms with van der Waals surface area (Å²) in [6.45, 7) is 3.71. The molecule has 25 heavy (non-hydrogen) atoms. The molecule has 1 N–H and O–H groups in total. The molecule has 0 fully saturated rings. The summed E-state index contributed by atoms with van der Waals surface area (Å²) in [7, 11) is 1.62. The summed E-state index contributed by atoms with van der Waals surface area (Å²) in [5.41, 5.74) is 0.981. The van der Waals surface area contributed by atoms with Gasteiger partial charge in [0.25, 0.3) is 0 Å². The molecule has 3 nitrogen and oxygen atoms in total. The van der Waals surface area contributed by atoms with Gasteiger partial charge in [0.05, 0.1) is 13.2 Å². The summed E-state index contributed by atoms with van der Waals surface area (Å²) in [4.78, 5) is 11.9. The number of carbonyl (C=O) groups excluding carboxylic acids is 1. The van der Waals surface area contributed by atoms with Crippen LogP contribution < -0.4 is 4.74 Å². The minimum Gasteiger partial charge on any atom is -0.497 e. The fraction of sp³-hybridized carbons (Fsp3) is 0.571. The van der Waals surface area contributed by atoms with Crippen molar-refractivity contribution in [2.45, 2.75) is 64.9 Å². The van der Waals surface area contributed by atoms with Gasteiger partial charge in [0.15, 0.2) is 0 Å². The average molecular weight is 367 g/mol. The maximum atomic E-state index is 11.9. The monoisotopic (exact) mass is 366 g/mol. The second-order valence-electron chi connectivity index (χ2n) is 6.53. The second-order valence-corrected chi connectivity index (χ2v) is 7.02. The molecule has 2 unspecified atom stereocenters. The minimum atomic E-state index is -0.716. The van der Waals surface area contributed by atoms with E-state index in [1.54, 1.807) is 7.11 Å². The van der Waals surface area contributed by atoms with Gasteiger partial charge in [0.1, 0.15) is 11.5 Å². The van der Waals surface area contributed by atoms with E-state index < -0.39 is 12.0 Å². The molecular formula is C21H31ClO3. The Hall–Kier alpha value is -1.32. The molecule has 0 aliphatic rings. The van der Waals surface area contributed by atoms with Crippen LogP contribution in [0.25, 0.3) is 0 Å². The van der Waals surface area contributed by atoms with Crippen molar-refractivity contribution in [1.82, 2.24) is 0 Å². The maximum absolute atomic E-state index is 11.9. The lowest BCUT2D eigenvalue weighted by Gasteiger charge is -2.19. The molecule has 1 aromatic carbocycles. The molecule has 0 saturated carbocycles. The Labute approximate surface area is 157 Å². The van der Waals surface area contributed by atoms with Gasteiger partial charge >= 0.3 is 0 Å². The standard InChI is InChI=1S/C21H31ClO3/c1-4-5-6-7-8-18(22)11-14-20(16(2)23)21(24)15-17-9-12-19(25-3)13-10-17/h9-13,20-21,24H,4-8,14-15H2,1-3H3/b18-11+. The molecule has 140 valence electrons. The zero-order valence-corrected chi connectivity index (χ0v) is 16.4. The molecule has 0 aliphatic heterocycles. The summed E-state index contributed by atoms with van der Waals surface area (Å²) < 4.78 is 5.13. The van der Waals surface area contributed by atoms with Crippen molar-refractivity contribution in [2.75, 3.05) is 7.11 Å². The number of unbranched alkanes of at least 4 members (excludes halogenated alkanes) is 3. The summed E-state index contributed by atoms with van der Waals surface area (Å²) in [6, 6.07) is 7.54. The van der Waals surface area contributed by atoms with Crippen molar-refractivity contribution in [3.63, 3.8) is 0 Å². The van der Waals surface area contributed by atoms with Crippen LogP contribution in [0.2, 0.25) is 0 Å². The third-order valence-corrected chi connectivity index (χ3v) is 4.80. The Morgan fingerprint density at radius 2 is 1.92 bits per heavy atom. The first-order valence-corrected chi connectivity index (χ1v) is 9.51. The third-order valence-electron chi connectivity index (χ3n) is 4.45. The first-order valence-electron chi connectivity index (χ1n) is 9.13. The van der Waals surface area contributed by atoms with Crippen LogP contribution in [0.4, 0.5) is 0 Å². The van der Waals surface area contributed by atoms with Gasteiger partial charge < -0.3 is 9.84 Å². The van der Waals surface area contributed by atoms with Gasteiger partial charge in [-0.25, -0.2) is 0 Å². The number of aliphatic hydroxyl groups is 1. The molecule has 0 spiro atoms. The average Bonchev–Trinajstić information content (AvgIpc) is 2.59. The number of hydrogen-bond donors (Lipinski definition) is 1. The van der Waals surface area contributed by atoms with E-state index in [9.17, 15) is 9.90 Å². The molecular weight excluding hydrogens is 336 g/mol. The lowest BCUT2D eigenvalue weighted by molar-refractivity contribution is -0.124. The highest BCUT2D eigenvalue weighted by Crippen LogP contribution is 2.21. The van der Waals surface area contributed by atoms with Crippen molar-refractivity contribution in [3.05, 3.63) is 40.9 Å². The molecule has 0 aliphatic carbocycles. The van der Waals surface area contributed by atoms with Crippen molar-refractivity contribution in [1.29, 1.82) is 0 Å². The van der Waals surface area contributed by atoms with E-state index in [-0.39, 0.29) is 5.78 Å². The highest BCUT2D eigenvalue weighted by molar-refractivity contribution is 6.29. The quantitative estimate of drug-likeness (QED) is 0.511. The van der Waals surface area contributed by atoms with Gasteiger partial charge in [-0.15, -0.1) is 0 Å². The molecule has 0 aromatic heterocycles. The van der Waals surface area contributed by atoms with Crippen molar-refractivity contribution < 1.29 is 14.6 Å². The largest absolute Gasteiger partial charge is 0.497 e. The number of halogens is 1. The number of methoxy groups -OCH3 is 1. The summed E-state index contributed by atoms with van der Waals surface area (Å²) in [5, 5.41) is 11.3. The Morgan fingerprint density at radius 1 is 1.24 bits per heavy atom. The van der Waals surface area contributed by atoms with Gasteiger partial charge in [-0.1, -0.05) is 56.0 Å². The first kappa shape index (κ1) is 21.7. The SMILES string of the molecule is CCCCCC/C(Cl)=C\CC(C(C)=O)C(O)Cc1ccc(OC)cc1. The third kappa shape index (κ3) is 8.55. The van der Waals surface area contributed by atoms with E-state index in [0.717, 1.165) is 29.2 Å². The maximum Gasteiger partial charge on any atom is 0.135 e. The number of aliphatic hydroxyl groups excluding tert-OH is 1. The van der Waals surface area contributed by atoms with Gasteiger partial charge in [-0.3, -0.25) is 4.79 Å². The number of allylic oxidation sites excluding steroid dienone is 2. The molecule has 0 amide bonds. The van der Waals surface area contributed by atoms with Crippen LogP contribution in [0.1, 0.15) is 57.9 Å². The Balaban J connectivity index is 2.57. The summed E-state index contributed by atoms with van der Waals surface area (Å²) in [5.74, 6) is 0.346. The van der Waals surface area contributed by atoms with Crippen LogP contribution in [-0.2, 0) is 11.2 Å². The minimum absolute atomic E-state index is 0.00675. The van der Waals surface area contributed by atoms with E-state index in [1.165, 1.54) is 26.2 Å². The van der Waals surface area contributed by atoms with Crippen molar-refractivity contribution >= 4 is 17.4 Å².